The van der Waals surface area contributed by atoms with E-state index in [1.807, 2.05) is 36.6 Å². The highest BCUT2D eigenvalue weighted by Gasteiger charge is 2.28. The van der Waals surface area contributed by atoms with Crippen LogP contribution >= 0.6 is 11.3 Å². The number of anilines is 2. The van der Waals surface area contributed by atoms with Gasteiger partial charge >= 0.3 is 6.09 Å². The van der Waals surface area contributed by atoms with Gasteiger partial charge in [-0.05, 0) is 37.5 Å². The molecule has 0 aliphatic carbocycles. The summed E-state index contributed by atoms with van der Waals surface area (Å²) >= 11 is 1.48. The Morgan fingerprint density at radius 2 is 2.22 bits per heavy atom. The van der Waals surface area contributed by atoms with Crippen LogP contribution in [0.25, 0.3) is 0 Å². The molecular weight excluding hydrogens is 312 g/mol. The Morgan fingerprint density at radius 1 is 1.48 bits per heavy atom. The SMILES string of the molecule is C[C@H](NC(=O)O)c1ccc(N2CCCC2c2csc(N)n2)cc1. The van der Waals surface area contributed by atoms with Gasteiger partial charge in [-0.1, -0.05) is 12.1 Å². The molecule has 2 aromatic rings. The van der Waals surface area contributed by atoms with Crippen molar-refractivity contribution in [2.75, 3.05) is 17.2 Å². The largest absolute Gasteiger partial charge is 0.465 e. The number of thiazole rings is 1. The zero-order valence-corrected chi connectivity index (χ0v) is 13.7. The van der Waals surface area contributed by atoms with Crippen LogP contribution in [0.15, 0.2) is 29.6 Å². The lowest BCUT2D eigenvalue weighted by molar-refractivity contribution is 0.191. The quantitative estimate of drug-likeness (QED) is 0.798. The van der Waals surface area contributed by atoms with Gasteiger partial charge in [0.2, 0.25) is 0 Å². The van der Waals surface area contributed by atoms with E-state index in [1.54, 1.807) is 0 Å². The molecule has 6 nitrogen and oxygen atoms in total. The Labute approximate surface area is 139 Å². The topological polar surface area (TPSA) is 91.5 Å². The van der Waals surface area contributed by atoms with Crippen molar-refractivity contribution >= 4 is 28.2 Å². The number of aromatic nitrogens is 1. The minimum absolute atomic E-state index is 0.228. The van der Waals surface area contributed by atoms with Crippen molar-refractivity contribution in [3.05, 3.63) is 40.9 Å². The number of carboxylic acid groups (broad SMARTS) is 1. The monoisotopic (exact) mass is 332 g/mol. The summed E-state index contributed by atoms with van der Waals surface area (Å²) in [7, 11) is 0. The Balaban J connectivity index is 1.77. The maximum atomic E-state index is 10.7. The van der Waals surface area contributed by atoms with Gasteiger partial charge in [0.1, 0.15) is 0 Å². The van der Waals surface area contributed by atoms with Gasteiger partial charge in [0, 0.05) is 17.6 Å². The highest BCUT2D eigenvalue weighted by molar-refractivity contribution is 7.13. The van der Waals surface area contributed by atoms with Crippen LogP contribution in [0.1, 0.15) is 43.1 Å². The van der Waals surface area contributed by atoms with Gasteiger partial charge in [-0.25, -0.2) is 9.78 Å². The minimum atomic E-state index is -1.01. The number of carbonyl (C=O) groups is 1. The van der Waals surface area contributed by atoms with E-state index in [-0.39, 0.29) is 12.1 Å². The van der Waals surface area contributed by atoms with Gasteiger partial charge < -0.3 is 21.1 Å². The van der Waals surface area contributed by atoms with Crippen molar-refractivity contribution in [2.24, 2.45) is 0 Å². The molecule has 1 saturated heterocycles. The van der Waals surface area contributed by atoms with Crippen molar-refractivity contribution in [1.29, 1.82) is 0 Å². The lowest BCUT2D eigenvalue weighted by atomic mass is 10.1. The van der Waals surface area contributed by atoms with E-state index in [4.69, 9.17) is 10.8 Å². The molecule has 1 aliphatic heterocycles. The Kier molecular flexibility index (Phi) is 4.38. The molecular formula is C16H20N4O2S. The second kappa shape index (κ2) is 6.45. The zero-order chi connectivity index (χ0) is 16.4. The summed E-state index contributed by atoms with van der Waals surface area (Å²) in [5, 5.41) is 13.9. The van der Waals surface area contributed by atoms with Crippen molar-refractivity contribution < 1.29 is 9.90 Å². The van der Waals surface area contributed by atoms with Crippen LogP contribution in [0.4, 0.5) is 15.6 Å². The molecule has 0 bridgehead atoms. The molecule has 0 spiro atoms. The van der Waals surface area contributed by atoms with Gasteiger partial charge in [-0.3, -0.25) is 0 Å². The van der Waals surface area contributed by atoms with E-state index in [0.29, 0.717) is 5.13 Å². The van der Waals surface area contributed by atoms with Gasteiger partial charge in [-0.15, -0.1) is 11.3 Å². The average Bonchev–Trinajstić information content (AvgIpc) is 3.15. The predicted molar refractivity (Wildman–Crippen MR) is 91.9 cm³/mol. The standard InChI is InChI=1S/C16H20N4O2S/c1-10(18-16(21)22)11-4-6-12(7-5-11)20-8-2-3-14(20)13-9-23-15(17)19-13/h4-7,9-10,14,18H,2-3,8H2,1H3,(H2,17,19)(H,21,22)/t10-,14?/m0/s1. The maximum Gasteiger partial charge on any atom is 0.405 e. The predicted octanol–water partition coefficient (Wildman–Crippen LogP) is 3.40. The van der Waals surface area contributed by atoms with Crippen LogP contribution in [0.3, 0.4) is 0 Å². The van der Waals surface area contributed by atoms with Crippen LogP contribution in [0.2, 0.25) is 0 Å². The first-order valence-corrected chi connectivity index (χ1v) is 8.49. The van der Waals surface area contributed by atoms with Gasteiger partial charge in [0.05, 0.1) is 17.8 Å². The summed E-state index contributed by atoms with van der Waals surface area (Å²) in [6.07, 6.45) is 1.19. The average molecular weight is 332 g/mol. The fourth-order valence-electron chi connectivity index (χ4n) is 3.06. The number of amides is 1. The number of nitrogen functional groups attached to an aromatic ring is 1. The van der Waals surface area contributed by atoms with Crippen LogP contribution < -0.4 is 16.0 Å². The summed E-state index contributed by atoms with van der Waals surface area (Å²) < 4.78 is 0. The molecule has 1 aromatic heterocycles. The number of rotatable bonds is 4. The van der Waals surface area contributed by atoms with E-state index in [9.17, 15) is 4.79 Å². The van der Waals surface area contributed by atoms with Gasteiger partial charge in [0.15, 0.2) is 5.13 Å². The highest BCUT2D eigenvalue weighted by Crippen LogP contribution is 2.37. The first kappa shape index (κ1) is 15.6. The third kappa shape index (κ3) is 3.39. The van der Waals surface area contributed by atoms with E-state index >= 15 is 0 Å². The fraction of sp³-hybridized carbons (Fsp3) is 0.375. The third-order valence-corrected chi connectivity index (χ3v) is 4.89. The molecule has 1 unspecified atom stereocenters. The smallest absolute Gasteiger partial charge is 0.405 e. The minimum Gasteiger partial charge on any atom is -0.465 e. The summed E-state index contributed by atoms with van der Waals surface area (Å²) in [5.41, 5.74) is 8.87. The lowest BCUT2D eigenvalue weighted by Crippen LogP contribution is -2.25. The van der Waals surface area contributed by atoms with E-state index < -0.39 is 6.09 Å². The first-order chi connectivity index (χ1) is 11.0. The molecule has 23 heavy (non-hydrogen) atoms. The number of hydrogen-bond donors (Lipinski definition) is 3. The molecule has 1 amide bonds. The molecule has 2 atom stereocenters. The summed E-state index contributed by atoms with van der Waals surface area (Å²) in [6.45, 7) is 2.82. The van der Waals surface area contributed by atoms with Gasteiger partial charge in [0.25, 0.3) is 0 Å². The number of nitrogens with two attached hydrogens (primary N) is 1. The molecule has 4 N–H and O–H groups in total. The fourth-order valence-corrected chi connectivity index (χ4v) is 3.67. The van der Waals surface area contributed by atoms with E-state index in [1.165, 1.54) is 11.3 Å². The first-order valence-electron chi connectivity index (χ1n) is 7.61. The van der Waals surface area contributed by atoms with Crippen molar-refractivity contribution in [1.82, 2.24) is 10.3 Å². The molecule has 7 heteroatoms. The Morgan fingerprint density at radius 3 is 2.83 bits per heavy atom. The second-order valence-corrected chi connectivity index (χ2v) is 6.61. The highest BCUT2D eigenvalue weighted by atomic mass is 32.1. The number of benzene rings is 1. The lowest BCUT2D eigenvalue weighted by Gasteiger charge is -2.26. The summed E-state index contributed by atoms with van der Waals surface area (Å²) in [4.78, 5) is 17.5. The number of hydrogen-bond acceptors (Lipinski definition) is 5. The van der Waals surface area contributed by atoms with Crippen LogP contribution in [0, 0.1) is 0 Å². The van der Waals surface area contributed by atoms with Crippen LogP contribution in [-0.2, 0) is 0 Å². The Hall–Kier alpha value is -2.28. The number of nitrogens with one attached hydrogen (secondary N) is 1. The summed E-state index contributed by atoms with van der Waals surface area (Å²) in [6, 6.07) is 8.08. The maximum absolute atomic E-state index is 10.7. The zero-order valence-electron chi connectivity index (χ0n) is 12.9. The van der Waals surface area contributed by atoms with Crippen molar-refractivity contribution in [2.45, 2.75) is 31.8 Å². The summed E-state index contributed by atoms with van der Waals surface area (Å²) in [5.74, 6) is 0. The molecule has 1 fully saturated rings. The van der Waals surface area contributed by atoms with E-state index in [0.717, 1.165) is 36.3 Å². The van der Waals surface area contributed by atoms with Crippen LogP contribution in [-0.4, -0.2) is 22.7 Å². The normalized spacial score (nSPS) is 18.8. The molecule has 122 valence electrons. The molecule has 1 aliphatic rings. The number of nitrogens with zero attached hydrogens (tertiary/aromatic N) is 2. The Bertz CT molecular complexity index is 686. The molecule has 0 saturated carbocycles. The molecule has 2 heterocycles. The van der Waals surface area contributed by atoms with Crippen molar-refractivity contribution in [3.8, 4) is 0 Å². The molecule has 3 rings (SSSR count). The van der Waals surface area contributed by atoms with Crippen LogP contribution in [0.5, 0.6) is 0 Å². The third-order valence-electron chi connectivity index (χ3n) is 4.20. The van der Waals surface area contributed by atoms with Crippen molar-refractivity contribution in [3.63, 3.8) is 0 Å². The molecule has 0 radical (unpaired) electrons. The van der Waals surface area contributed by atoms with Gasteiger partial charge in [-0.2, -0.15) is 0 Å². The van der Waals surface area contributed by atoms with E-state index in [2.05, 4.69) is 15.2 Å². The second-order valence-electron chi connectivity index (χ2n) is 5.72. The molecule has 1 aromatic carbocycles.